The van der Waals surface area contributed by atoms with E-state index in [1.54, 1.807) is 24.3 Å². The van der Waals surface area contributed by atoms with Gasteiger partial charge in [-0.1, -0.05) is 55.5 Å². The quantitative estimate of drug-likeness (QED) is 0.511. The lowest BCUT2D eigenvalue weighted by atomic mass is 10.1. The number of sulfonamides is 1. The monoisotopic (exact) mass is 452 g/mol. The van der Waals surface area contributed by atoms with E-state index in [1.165, 1.54) is 5.56 Å². The number of rotatable bonds is 8. The molecular weight excluding hydrogens is 420 g/mol. The molecule has 0 saturated carbocycles. The van der Waals surface area contributed by atoms with Gasteiger partial charge >= 0.3 is 0 Å². The molecule has 170 valence electrons. The largest absolute Gasteiger partial charge is 0.399 e. The highest BCUT2D eigenvalue weighted by molar-refractivity contribution is 7.89. The zero-order valence-corrected chi connectivity index (χ0v) is 20.0. The van der Waals surface area contributed by atoms with Crippen molar-refractivity contribution in [2.24, 2.45) is 0 Å². The van der Waals surface area contributed by atoms with Crippen molar-refractivity contribution in [3.05, 3.63) is 72.3 Å². The van der Waals surface area contributed by atoms with Crippen molar-refractivity contribution in [1.82, 2.24) is 9.71 Å². The van der Waals surface area contributed by atoms with Crippen LogP contribution in [0.5, 0.6) is 0 Å². The number of benzene rings is 2. The molecule has 0 bridgehead atoms. The third kappa shape index (κ3) is 6.08. The van der Waals surface area contributed by atoms with Gasteiger partial charge in [0.05, 0.1) is 10.6 Å². The van der Waals surface area contributed by atoms with Gasteiger partial charge < -0.3 is 10.6 Å². The first kappa shape index (κ1) is 23.8. The molecule has 0 amide bonds. The van der Waals surface area contributed by atoms with Crippen molar-refractivity contribution in [3.8, 4) is 11.3 Å². The fourth-order valence-electron chi connectivity index (χ4n) is 3.56. The first-order chi connectivity index (χ1) is 15.1. The summed E-state index contributed by atoms with van der Waals surface area (Å²) in [6, 6.07) is 20.6. The second kappa shape index (κ2) is 9.71. The maximum absolute atomic E-state index is 13.1. The Labute approximate surface area is 191 Å². The summed E-state index contributed by atoms with van der Waals surface area (Å²) in [5, 5.41) is 0. The van der Waals surface area contributed by atoms with Crippen LogP contribution in [-0.2, 0) is 16.6 Å². The fourth-order valence-corrected chi connectivity index (χ4v) is 5.19. The number of hydrogen-bond donors (Lipinski definition) is 2. The van der Waals surface area contributed by atoms with Crippen molar-refractivity contribution >= 4 is 21.5 Å². The molecule has 0 unspecified atom stereocenters. The summed E-state index contributed by atoms with van der Waals surface area (Å²) in [6.07, 6.45) is 0.944. The predicted molar refractivity (Wildman–Crippen MR) is 132 cm³/mol. The average Bonchev–Trinajstić information content (AvgIpc) is 2.72. The number of nitrogens with two attached hydrogens (primary N) is 1. The molecule has 3 rings (SSSR count). The highest BCUT2D eigenvalue weighted by atomic mass is 32.2. The van der Waals surface area contributed by atoms with Crippen LogP contribution >= 0.6 is 0 Å². The Bertz CT molecular complexity index is 1160. The summed E-state index contributed by atoms with van der Waals surface area (Å²) in [4.78, 5) is 7.19. The Morgan fingerprint density at radius 1 is 1.00 bits per heavy atom. The Morgan fingerprint density at radius 3 is 2.31 bits per heavy atom. The van der Waals surface area contributed by atoms with E-state index < -0.39 is 15.6 Å². The normalized spacial score (nSPS) is 12.0. The Hall–Kier alpha value is -2.90. The average molecular weight is 453 g/mol. The van der Waals surface area contributed by atoms with Crippen LogP contribution < -0.4 is 15.4 Å². The molecule has 7 heteroatoms. The van der Waals surface area contributed by atoms with Crippen molar-refractivity contribution in [2.45, 2.75) is 51.1 Å². The molecule has 3 aromatic rings. The molecule has 0 atom stereocenters. The smallest absolute Gasteiger partial charge is 0.241 e. The minimum Gasteiger partial charge on any atom is -0.399 e. The van der Waals surface area contributed by atoms with Gasteiger partial charge in [-0.2, -0.15) is 0 Å². The zero-order valence-electron chi connectivity index (χ0n) is 19.2. The third-order valence-electron chi connectivity index (χ3n) is 4.76. The summed E-state index contributed by atoms with van der Waals surface area (Å²) >= 11 is 0. The van der Waals surface area contributed by atoms with Crippen LogP contribution in [0.25, 0.3) is 11.3 Å². The van der Waals surface area contributed by atoms with E-state index in [0.717, 1.165) is 18.8 Å². The lowest BCUT2D eigenvalue weighted by molar-refractivity contribution is 0.491. The zero-order chi connectivity index (χ0) is 23.4. The van der Waals surface area contributed by atoms with Crippen LogP contribution in [0.4, 0.5) is 11.5 Å². The van der Waals surface area contributed by atoms with Gasteiger partial charge in [0.2, 0.25) is 10.0 Å². The first-order valence-corrected chi connectivity index (χ1v) is 12.3. The molecule has 0 aliphatic carbocycles. The molecule has 0 radical (unpaired) electrons. The molecule has 0 saturated heterocycles. The van der Waals surface area contributed by atoms with E-state index in [9.17, 15) is 8.42 Å². The third-order valence-corrected chi connectivity index (χ3v) is 6.58. The topological polar surface area (TPSA) is 88.3 Å². The highest BCUT2D eigenvalue weighted by Crippen LogP contribution is 2.30. The lowest BCUT2D eigenvalue weighted by Crippen LogP contribution is -2.40. The van der Waals surface area contributed by atoms with E-state index in [-0.39, 0.29) is 4.90 Å². The molecule has 0 fully saturated rings. The summed E-state index contributed by atoms with van der Waals surface area (Å²) in [7, 11) is -3.75. The number of nitrogen functional groups attached to an aromatic ring is 1. The van der Waals surface area contributed by atoms with E-state index >= 15 is 0 Å². The van der Waals surface area contributed by atoms with Gasteiger partial charge in [-0.25, -0.2) is 18.1 Å². The van der Waals surface area contributed by atoms with Crippen LogP contribution in [0.3, 0.4) is 0 Å². The van der Waals surface area contributed by atoms with Crippen LogP contribution in [0.15, 0.2) is 71.6 Å². The van der Waals surface area contributed by atoms with E-state index in [1.807, 2.05) is 51.1 Å². The molecule has 6 nitrogen and oxygen atoms in total. The summed E-state index contributed by atoms with van der Waals surface area (Å²) < 4.78 is 28.9. The molecule has 0 aliphatic heterocycles. The predicted octanol–water partition coefficient (Wildman–Crippen LogP) is 4.82. The second-order valence-electron chi connectivity index (χ2n) is 8.90. The minimum atomic E-state index is -3.75. The van der Waals surface area contributed by atoms with Crippen LogP contribution in [-0.4, -0.2) is 25.5 Å². The standard InChI is InChI=1S/C25H32N4O2S/c1-5-15-29(18-19-11-7-6-8-12-19)24-17-20(26)16-22(27-24)21-13-9-10-14-23(21)32(30,31)28-25(2,3)4/h6-14,16-17,28H,5,15,18H2,1-4H3,(H2,26,27). The minimum absolute atomic E-state index is 0.184. The molecule has 0 spiro atoms. The van der Waals surface area contributed by atoms with Crippen molar-refractivity contribution < 1.29 is 8.42 Å². The SMILES string of the molecule is CCCN(Cc1ccccc1)c1cc(N)cc(-c2ccccc2S(=O)(=O)NC(C)(C)C)n1. The van der Waals surface area contributed by atoms with Crippen LogP contribution in [0.2, 0.25) is 0 Å². The number of nitrogens with one attached hydrogen (secondary N) is 1. The summed E-state index contributed by atoms with van der Waals surface area (Å²) in [6.45, 7) is 9.06. The maximum Gasteiger partial charge on any atom is 0.241 e. The van der Waals surface area contributed by atoms with Gasteiger partial charge in [0.15, 0.2) is 0 Å². The Balaban J connectivity index is 2.06. The number of anilines is 2. The summed E-state index contributed by atoms with van der Waals surface area (Å²) in [5.74, 6) is 0.724. The van der Waals surface area contributed by atoms with Crippen LogP contribution in [0.1, 0.15) is 39.7 Å². The molecule has 2 aromatic carbocycles. The van der Waals surface area contributed by atoms with Gasteiger partial charge in [0, 0.05) is 35.9 Å². The Kier molecular flexibility index (Phi) is 7.21. The van der Waals surface area contributed by atoms with Crippen LogP contribution in [0, 0.1) is 0 Å². The van der Waals surface area contributed by atoms with Gasteiger partial charge in [0.25, 0.3) is 0 Å². The second-order valence-corrected chi connectivity index (χ2v) is 10.6. The van der Waals surface area contributed by atoms with Gasteiger partial charge in [-0.05, 0) is 44.9 Å². The number of nitrogens with zero attached hydrogens (tertiary/aromatic N) is 2. The number of pyridine rings is 1. The summed E-state index contributed by atoms with van der Waals surface area (Å²) in [5.41, 5.74) is 8.41. The molecule has 1 heterocycles. The maximum atomic E-state index is 13.1. The Morgan fingerprint density at radius 2 is 1.66 bits per heavy atom. The number of hydrogen-bond acceptors (Lipinski definition) is 5. The highest BCUT2D eigenvalue weighted by Gasteiger charge is 2.25. The van der Waals surface area contributed by atoms with Gasteiger partial charge in [-0.3, -0.25) is 0 Å². The fraction of sp³-hybridized carbons (Fsp3) is 0.320. The van der Waals surface area contributed by atoms with Gasteiger partial charge in [-0.15, -0.1) is 0 Å². The van der Waals surface area contributed by atoms with Crippen molar-refractivity contribution in [3.63, 3.8) is 0 Å². The van der Waals surface area contributed by atoms with E-state index in [0.29, 0.717) is 23.5 Å². The molecule has 3 N–H and O–H groups in total. The molecule has 1 aromatic heterocycles. The van der Waals surface area contributed by atoms with Gasteiger partial charge in [0.1, 0.15) is 5.82 Å². The number of aromatic nitrogens is 1. The molecule has 32 heavy (non-hydrogen) atoms. The van der Waals surface area contributed by atoms with Crippen molar-refractivity contribution in [1.29, 1.82) is 0 Å². The molecular formula is C25H32N4O2S. The van der Waals surface area contributed by atoms with E-state index in [2.05, 4.69) is 28.7 Å². The molecule has 0 aliphatic rings. The lowest BCUT2D eigenvalue weighted by Gasteiger charge is -2.25. The first-order valence-electron chi connectivity index (χ1n) is 10.8. The van der Waals surface area contributed by atoms with E-state index in [4.69, 9.17) is 10.7 Å². The van der Waals surface area contributed by atoms with Crippen molar-refractivity contribution in [2.75, 3.05) is 17.2 Å².